The van der Waals surface area contributed by atoms with E-state index < -0.39 is 17.6 Å². The number of alkyl halides is 3. The molecule has 0 fully saturated rings. The Kier molecular flexibility index (Phi) is 3.99. The topological polar surface area (TPSA) is 55.1 Å². The summed E-state index contributed by atoms with van der Waals surface area (Å²) in [5.74, 6) is -1.30. The molecule has 1 amide bonds. The summed E-state index contributed by atoms with van der Waals surface area (Å²) in [6, 6.07) is 10.3. The van der Waals surface area contributed by atoms with Crippen LogP contribution in [0.1, 0.15) is 6.92 Å². The zero-order valence-corrected chi connectivity index (χ0v) is 12.5. The monoisotopic (exact) mass is 360 g/mol. The Bertz CT molecular complexity index is 698. The van der Waals surface area contributed by atoms with Gasteiger partial charge in [0.25, 0.3) is 5.91 Å². The molecular formula is C14H12BrF3N2O. The van der Waals surface area contributed by atoms with Crippen LogP contribution in [0, 0.1) is 0 Å². The fraction of sp³-hybridized carbons (Fsp3) is 0.214. The molecule has 0 aliphatic carbocycles. The van der Waals surface area contributed by atoms with Crippen LogP contribution in [0.3, 0.4) is 0 Å². The highest BCUT2D eigenvalue weighted by molar-refractivity contribution is 9.10. The van der Waals surface area contributed by atoms with Crippen LogP contribution in [-0.4, -0.2) is 17.6 Å². The van der Waals surface area contributed by atoms with Gasteiger partial charge in [-0.3, -0.25) is 4.79 Å². The number of nitrogens with one attached hydrogen (secondary N) is 1. The summed E-state index contributed by atoms with van der Waals surface area (Å²) in [7, 11) is 0. The molecule has 1 atom stereocenters. The van der Waals surface area contributed by atoms with Gasteiger partial charge in [-0.2, -0.15) is 13.2 Å². The van der Waals surface area contributed by atoms with Gasteiger partial charge in [0.05, 0.1) is 0 Å². The van der Waals surface area contributed by atoms with Crippen molar-refractivity contribution in [2.45, 2.75) is 18.6 Å². The number of amides is 1. The molecule has 3 N–H and O–H groups in total. The number of carbonyl (C=O) groups is 1. The number of halogens is 4. The molecular weight excluding hydrogens is 349 g/mol. The average Bonchev–Trinajstić information content (AvgIpc) is 2.37. The lowest BCUT2D eigenvalue weighted by Gasteiger charge is -2.26. The zero-order valence-electron chi connectivity index (χ0n) is 11.0. The van der Waals surface area contributed by atoms with Crippen LogP contribution in [0.25, 0.3) is 10.8 Å². The Hall–Kier alpha value is -1.60. The molecule has 0 aromatic heterocycles. The fourth-order valence-corrected chi connectivity index (χ4v) is 2.06. The second-order valence-electron chi connectivity index (χ2n) is 4.86. The molecule has 0 spiro atoms. The predicted octanol–water partition coefficient (Wildman–Crippen LogP) is 3.82. The second-order valence-corrected chi connectivity index (χ2v) is 5.78. The minimum Gasteiger partial charge on any atom is -0.324 e. The van der Waals surface area contributed by atoms with Gasteiger partial charge in [0.2, 0.25) is 0 Å². The molecule has 0 aliphatic heterocycles. The van der Waals surface area contributed by atoms with E-state index >= 15 is 0 Å². The molecule has 0 saturated carbocycles. The molecule has 112 valence electrons. The Balaban J connectivity index is 2.28. The molecule has 0 heterocycles. The van der Waals surface area contributed by atoms with Gasteiger partial charge in [-0.05, 0) is 42.0 Å². The van der Waals surface area contributed by atoms with Gasteiger partial charge in [-0.1, -0.05) is 28.1 Å². The Morgan fingerprint density at radius 3 is 2.33 bits per heavy atom. The predicted molar refractivity (Wildman–Crippen MR) is 78.9 cm³/mol. The van der Waals surface area contributed by atoms with E-state index in [1.165, 1.54) is 6.07 Å². The van der Waals surface area contributed by atoms with Crippen molar-refractivity contribution in [1.29, 1.82) is 0 Å². The molecule has 3 nitrogen and oxygen atoms in total. The van der Waals surface area contributed by atoms with Crippen molar-refractivity contribution in [2.24, 2.45) is 5.73 Å². The number of anilines is 1. The number of hydrogen-bond acceptors (Lipinski definition) is 2. The van der Waals surface area contributed by atoms with Gasteiger partial charge in [0, 0.05) is 10.2 Å². The van der Waals surface area contributed by atoms with E-state index in [2.05, 4.69) is 21.2 Å². The summed E-state index contributed by atoms with van der Waals surface area (Å²) in [6.45, 7) is 0.639. The number of fused-ring (bicyclic) bond motifs is 1. The van der Waals surface area contributed by atoms with Crippen molar-refractivity contribution in [3.05, 3.63) is 40.9 Å². The van der Waals surface area contributed by atoms with E-state index in [9.17, 15) is 18.0 Å². The summed E-state index contributed by atoms with van der Waals surface area (Å²) in [5.41, 5.74) is 2.39. The van der Waals surface area contributed by atoms with Crippen LogP contribution in [0.2, 0.25) is 0 Å². The number of rotatable bonds is 2. The van der Waals surface area contributed by atoms with Gasteiger partial charge in [0.15, 0.2) is 5.54 Å². The average molecular weight is 361 g/mol. The van der Waals surface area contributed by atoms with Crippen molar-refractivity contribution in [3.63, 3.8) is 0 Å². The van der Waals surface area contributed by atoms with E-state index in [0.29, 0.717) is 6.92 Å². The third-order valence-corrected chi connectivity index (χ3v) is 3.61. The third kappa shape index (κ3) is 3.19. The molecule has 1 unspecified atom stereocenters. The molecule has 21 heavy (non-hydrogen) atoms. The van der Waals surface area contributed by atoms with E-state index in [4.69, 9.17) is 5.73 Å². The minimum absolute atomic E-state index is 0.260. The molecule has 0 bridgehead atoms. The molecule has 0 saturated heterocycles. The van der Waals surface area contributed by atoms with Crippen molar-refractivity contribution in [1.82, 2.24) is 0 Å². The second kappa shape index (κ2) is 5.31. The van der Waals surface area contributed by atoms with Crippen LogP contribution >= 0.6 is 15.9 Å². The molecule has 0 radical (unpaired) electrons. The SMILES string of the molecule is CC(N)(C(=O)Nc1ccc2cc(Br)ccc2c1)C(F)(F)F. The molecule has 2 aromatic rings. The number of nitrogens with two attached hydrogens (primary N) is 1. The van der Waals surface area contributed by atoms with Gasteiger partial charge < -0.3 is 11.1 Å². The minimum atomic E-state index is -4.82. The quantitative estimate of drug-likeness (QED) is 0.855. The maximum atomic E-state index is 12.7. The highest BCUT2D eigenvalue weighted by atomic mass is 79.9. The number of carbonyl (C=O) groups excluding carboxylic acids is 1. The van der Waals surface area contributed by atoms with Crippen LogP contribution in [0.15, 0.2) is 40.9 Å². The first-order valence-electron chi connectivity index (χ1n) is 5.97. The van der Waals surface area contributed by atoms with Crippen molar-refractivity contribution in [2.75, 3.05) is 5.32 Å². The third-order valence-electron chi connectivity index (χ3n) is 3.12. The first kappa shape index (κ1) is 15.8. The zero-order chi connectivity index (χ0) is 15.8. The lowest BCUT2D eigenvalue weighted by Crippen LogP contribution is -2.59. The summed E-state index contributed by atoms with van der Waals surface area (Å²) in [4.78, 5) is 11.7. The first-order valence-corrected chi connectivity index (χ1v) is 6.77. The first-order chi connectivity index (χ1) is 9.61. The van der Waals surface area contributed by atoms with Gasteiger partial charge >= 0.3 is 6.18 Å². The number of benzene rings is 2. The normalized spacial score (nSPS) is 14.8. The van der Waals surface area contributed by atoms with E-state index in [-0.39, 0.29) is 5.69 Å². The van der Waals surface area contributed by atoms with E-state index in [0.717, 1.165) is 15.2 Å². The largest absolute Gasteiger partial charge is 0.415 e. The smallest absolute Gasteiger partial charge is 0.324 e. The summed E-state index contributed by atoms with van der Waals surface area (Å²) in [5, 5.41) is 3.89. The Morgan fingerprint density at radius 1 is 1.14 bits per heavy atom. The lowest BCUT2D eigenvalue weighted by molar-refractivity contribution is -0.184. The Morgan fingerprint density at radius 2 is 1.71 bits per heavy atom. The van der Waals surface area contributed by atoms with Crippen LogP contribution in [0.4, 0.5) is 18.9 Å². The highest BCUT2D eigenvalue weighted by Gasteiger charge is 2.53. The maximum absolute atomic E-state index is 12.7. The highest BCUT2D eigenvalue weighted by Crippen LogP contribution is 2.29. The van der Waals surface area contributed by atoms with Crippen molar-refractivity contribution < 1.29 is 18.0 Å². The van der Waals surface area contributed by atoms with E-state index in [1.807, 2.05) is 6.07 Å². The van der Waals surface area contributed by atoms with E-state index in [1.54, 1.807) is 24.3 Å². The van der Waals surface area contributed by atoms with Crippen molar-refractivity contribution in [3.8, 4) is 0 Å². The molecule has 2 rings (SSSR count). The van der Waals surface area contributed by atoms with Crippen LogP contribution in [0.5, 0.6) is 0 Å². The molecule has 7 heteroatoms. The number of hydrogen-bond donors (Lipinski definition) is 2. The van der Waals surface area contributed by atoms with Crippen LogP contribution in [-0.2, 0) is 4.79 Å². The summed E-state index contributed by atoms with van der Waals surface area (Å²) in [6.07, 6.45) is -4.82. The molecule has 2 aromatic carbocycles. The van der Waals surface area contributed by atoms with Gasteiger partial charge in [0.1, 0.15) is 0 Å². The summed E-state index contributed by atoms with van der Waals surface area (Å²) >= 11 is 3.33. The van der Waals surface area contributed by atoms with Crippen molar-refractivity contribution >= 4 is 38.3 Å². The standard InChI is InChI=1S/C14H12BrF3N2O/c1-13(19,14(16,17)18)12(21)20-11-5-3-8-6-10(15)4-2-9(8)7-11/h2-7H,19H2,1H3,(H,20,21). The van der Waals surface area contributed by atoms with Crippen LogP contribution < -0.4 is 11.1 Å². The maximum Gasteiger partial charge on any atom is 0.415 e. The fourth-order valence-electron chi connectivity index (χ4n) is 1.68. The Labute approximate surface area is 127 Å². The lowest BCUT2D eigenvalue weighted by atomic mass is 10.0. The van der Waals surface area contributed by atoms with Gasteiger partial charge in [-0.25, -0.2) is 0 Å². The van der Waals surface area contributed by atoms with Gasteiger partial charge in [-0.15, -0.1) is 0 Å². The molecule has 0 aliphatic rings. The summed E-state index contributed by atoms with van der Waals surface area (Å²) < 4.78 is 39.0.